The molecule has 0 spiro atoms. The average molecular weight is 463 g/mol. The molecule has 3 N–H and O–H groups in total. The van der Waals surface area contributed by atoms with Gasteiger partial charge in [-0.1, -0.05) is 11.6 Å². The Hall–Kier alpha value is -2.42. The molecule has 9 heteroatoms. The van der Waals surface area contributed by atoms with Gasteiger partial charge in [-0.15, -0.1) is 0 Å². The number of rotatable bonds is 10. The third-order valence-electron chi connectivity index (χ3n) is 5.68. The summed E-state index contributed by atoms with van der Waals surface area (Å²) in [6.07, 6.45) is 6.62. The first-order valence-electron chi connectivity index (χ1n) is 11.0. The lowest BCUT2D eigenvalue weighted by Gasteiger charge is -2.31. The first-order valence-corrected chi connectivity index (χ1v) is 11.4. The summed E-state index contributed by atoms with van der Waals surface area (Å²) in [5, 5.41) is 21.4. The van der Waals surface area contributed by atoms with E-state index in [1.165, 1.54) is 0 Å². The Morgan fingerprint density at radius 2 is 2.03 bits per heavy atom. The van der Waals surface area contributed by atoms with Gasteiger partial charge in [-0.2, -0.15) is 0 Å². The van der Waals surface area contributed by atoms with E-state index in [2.05, 4.69) is 20.2 Å². The number of nitrogens with one attached hydrogen (secondary N) is 1. The number of ether oxygens (including phenoxy) is 1. The number of carbonyl (C=O) groups excluding carboxylic acids is 1. The number of amides is 1. The fourth-order valence-corrected chi connectivity index (χ4v) is 3.90. The number of benzene rings is 1. The fourth-order valence-electron chi connectivity index (χ4n) is 3.80. The van der Waals surface area contributed by atoms with Crippen molar-refractivity contribution in [3.8, 4) is 5.75 Å². The minimum absolute atomic E-state index is 0.0126. The number of hydrogen-bond acceptors (Lipinski definition) is 7. The molecule has 2 heterocycles. The SMILES string of the molecule is Cc1cc(OCCCC2CCN(c3ncc(Cl)cn3)CC2)ccc1C(=O)NC[C@H](O)CO. The van der Waals surface area contributed by atoms with Gasteiger partial charge in [-0.05, 0) is 62.3 Å². The molecule has 1 amide bonds. The second-order valence-electron chi connectivity index (χ2n) is 8.15. The summed E-state index contributed by atoms with van der Waals surface area (Å²) in [6.45, 7) is 4.01. The zero-order valence-electron chi connectivity index (χ0n) is 18.3. The number of anilines is 1. The maximum atomic E-state index is 12.2. The van der Waals surface area contributed by atoms with Crippen LogP contribution < -0.4 is 15.0 Å². The monoisotopic (exact) mass is 462 g/mol. The number of aliphatic hydroxyl groups excluding tert-OH is 2. The van der Waals surface area contributed by atoms with Crippen molar-refractivity contribution in [1.82, 2.24) is 15.3 Å². The Morgan fingerprint density at radius 1 is 1.31 bits per heavy atom. The highest BCUT2D eigenvalue weighted by atomic mass is 35.5. The van der Waals surface area contributed by atoms with Crippen LogP contribution in [0.15, 0.2) is 30.6 Å². The summed E-state index contributed by atoms with van der Waals surface area (Å²) in [5.74, 6) is 1.87. The van der Waals surface area contributed by atoms with E-state index in [1.807, 2.05) is 13.0 Å². The third-order valence-corrected chi connectivity index (χ3v) is 5.88. The zero-order chi connectivity index (χ0) is 22.9. The Morgan fingerprint density at radius 3 is 2.69 bits per heavy atom. The number of carbonyl (C=O) groups is 1. The zero-order valence-corrected chi connectivity index (χ0v) is 19.1. The van der Waals surface area contributed by atoms with Crippen LogP contribution in [-0.4, -0.2) is 65.0 Å². The van der Waals surface area contributed by atoms with Gasteiger partial charge >= 0.3 is 0 Å². The molecule has 1 fully saturated rings. The van der Waals surface area contributed by atoms with E-state index in [-0.39, 0.29) is 19.1 Å². The van der Waals surface area contributed by atoms with Crippen LogP contribution >= 0.6 is 11.6 Å². The van der Waals surface area contributed by atoms with Crippen LogP contribution in [-0.2, 0) is 0 Å². The highest BCUT2D eigenvalue weighted by Crippen LogP contribution is 2.25. The van der Waals surface area contributed by atoms with Crippen molar-refractivity contribution in [2.75, 3.05) is 37.7 Å². The van der Waals surface area contributed by atoms with Crippen LogP contribution in [0.4, 0.5) is 5.95 Å². The first kappa shape index (κ1) is 24.2. The fraction of sp³-hybridized carbons (Fsp3) is 0.522. The van der Waals surface area contributed by atoms with Crippen molar-refractivity contribution < 1.29 is 19.7 Å². The Bertz CT molecular complexity index is 873. The number of aliphatic hydroxyl groups is 2. The van der Waals surface area contributed by atoms with Crippen molar-refractivity contribution in [2.45, 2.75) is 38.7 Å². The summed E-state index contributed by atoms with van der Waals surface area (Å²) < 4.78 is 5.88. The van der Waals surface area contributed by atoms with Gasteiger partial charge in [0.25, 0.3) is 5.91 Å². The minimum Gasteiger partial charge on any atom is -0.494 e. The summed E-state index contributed by atoms with van der Waals surface area (Å²) in [7, 11) is 0. The topological polar surface area (TPSA) is 108 Å². The molecular weight excluding hydrogens is 432 g/mol. The Balaban J connectivity index is 1.36. The average Bonchev–Trinajstić information content (AvgIpc) is 2.81. The van der Waals surface area contributed by atoms with Crippen molar-refractivity contribution in [2.24, 2.45) is 5.92 Å². The predicted octanol–water partition coefficient (Wildman–Crippen LogP) is 2.60. The van der Waals surface area contributed by atoms with Gasteiger partial charge < -0.3 is 25.2 Å². The first-order chi connectivity index (χ1) is 15.5. The molecular formula is C23H31ClN4O4. The maximum Gasteiger partial charge on any atom is 0.251 e. The highest BCUT2D eigenvalue weighted by Gasteiger charge is 2.20. The van der Waals surface area contributed by atoms with Crippen LogP contribution in [0.2, 0.25) is 5.02 Å². The van der Waals surface area contributed by atoms with Crippen LogP contribution in [0.3, 0.4) is 0 Å². The minimum atomic E-state index is -0.958. The highest BCUT2D eigenvalue weighted by molar-refractivity contribution is 6.30. The molecule has 1 saturated heterocycles. The summed E-state index contributed by atoms with van der Waals surface area (Å²) in [5.41, 5.74) is 1.33. The molecule has 0 saturated carbocycles. The molecule has 8 nitrogen and oxygen atoms in total. The second kappa shape index (κ2) is 12.0. The van der Waals surface area contributed by atoms with Gasteiger partial charge in [-0.3, -0.25) is 4.79 Å². The molecule has 2 aromatic rings. The van der Waals surface area contributed by atoms with Gasteiger partial charge in [0.1, 0.15) is 5.75 Å². The van der Waals surface area contributed by atoms with E-state index in [9.17, 15) is 9.90 Å². The van der Waals surface area contributed by atoms with Crippen molar-refractivity contribution >= 4 is 23.5 Å². The van der Waals surface area contributed by atoms with Crippen molar-refractivity contribution in [1.29, 1.82) is 0 Å². The standard InChI is InChI=1S/C23H31ClN4O4/c1-16-11-20(4-5-21(16)22(31)25-14-19(30)15-29)32-10-2-3-17-6-8-28(9-7-17)23-26-12-18(24)13-27-23/h4-5,11-13,17,19,29-30H,2-3,6-10,14-15H2,1H3,(H,25,31)/t19-/m0/s1. The van der Waals surface area contributed by atoms with Gasteiger partial charge in [0.2, 0.25) is 5.95 Å². The molecule has 1 atom stereocenters. The van der Waals surface area contributed by atoms with Gasteiger partial charge in [-0.25, -0.2) is 9.97 Å². The second-order valence-corrected chi connectivity index (χ2v) is 8.58. The quantitative estimate of drug-likeness (QED) is 0.466. The largest absolute Gasteiger partial charge is 0.494 e. The van der Waals surface area contributed by atoms with Crippen LogP contribution in [0, 0.1) is 12.8 Å². The smallest absolute Gasteiger partial charge is 0.251 e. The van der Waals surface area contributed by atoms with Crippen molar-refractivity contribution in [3.63, 3.8) is 0 Å². The number of nitrogens with zero attached hydrogens (tertiary/aromatic N) is 3. The molecule has 174 valence electrons. The van der Waals surface area contributed by atoms with Crippen molar-refractivity contribution in [3.05, 3.63) is 46.7 Å². The molecule has 0 unspecified atom stereocenters. The lowest BCUT2D eigenvalue weighted by molar-refractivity contribution is 0.0801. The lowest BCUT2D eigenvalue weighted by atomic mass is 9.92. The molecule has 1 aromatic carbocycles. The summed E-state index contributed by atoms with van der Waals surface area (Å²) >= 11 is 5.86. The van der Waals surface area contributed by atoms with E-state index in [1.54, 1.807) is 24.5 Å². The third kappa shape index (κ3) is 7.05. The lowest BCUT2D eigenvalue weighted by Crippen LogP contribution is -2.34. The molecule has 0 bridgehead atoms. The van der Waals surface area contributed by atoms with E-state index in [0.717, 1.165) is 56.0 Å². The Labute approximate surface area is 193 Å². The number of halogens is 1. The molecule has 32 heavy (non-hydrogen) atoms. The number of aryl methyl sites for hydroxylation is 1. The molecule has 3 rings (SSSR count). The Kier molecular flexibility index (Phi) is 9.08. The van der Waals surface area contributed by atoms with E-state index >= 15 is 0 Å². The summed E-state index contributed by atoms with van der Waals surface area (Å²) in [4.78, 5) is 23.0. The summed E-state index contributed by atoms with van der Waals surface area (Å²) in [6, 6.07) is 5.36. The van der Waals surface area contributed by atoms with Gasteiger partial charge in [0, 0.05) is 25.2 Å². The number of piperidine rings is 1. The van der Waals surface area contributed by atoms with Crippen LogP contribution in [0.5, 0.6) is 5.75 Å². The molecule has 0 radical (unpaired) electrons. The maximum absolute atomic E-state index is 12.2. The number of aromatic nitrogens is 2. The molecule has 1 aliphatic heterocycles. The molecule has 1 aliphatic rings. The van der Waals surface area contributed by atoms with E-state index in [4.69, 9.17) is 21.4 Å². The van der Waals surface area contributed by atoms with Gasteiger partial charge in [0.15, 0.2) is 0 Å². The predicted molar refractivity (Wildman–Crippen MR) is 123 cm³/mol. The normalized spacial score (nSPS) is 15.4. The van der Waals surface area contributed by atoms with Crippen LogP contribution in [0.1, 0.15) is 41.6 Å². The van der Waals surface area contributed by atoms with Gasteiger partial charge in [0.05, 0.1) is 36.7 Å². The van der Waals surface area contributed by atoms with Crippen LogP contribution in [0.25, 0.3) is 0 Å². The van der Waals surface area contributed by atoms with E-state index < -0.39 is 6.10 Å². The number of hydrogen-bond donors (Lipinski definition) is 3. The van der Waals surface area contributed by atoms with E-state index in [0.29, 0.717) is 23.1 Å². The molecule has 1 aromatic heterocycles. The molecule has 0 aliphatic carbocycles.